The van der Waals surface area contributed by atoms with Gasteiger partial charge in [0, 0.05) is 27.9 Å². The number of nitrogens with zero attached hydrogens (tertiary/aromatic N) is 1. The molecule has 96 valence electrons. The van der Waals surface area contributed by atoms with E-state index in [2.05, 4.69) is 47.8 Å². The molecule has 0 radical (unpaired) electrons. The van der Waals surface area contributed by atoms with E-state index in [0.29, 0.717) is 11.0 Å². The maximum absolute atomic E-state index is 12.3. The van der Waals surface area contributed by atoms with Crippen LogP contribution >= 0.6 is 47.8 Å². The molecule has 0 unspecified atom stereocenters. The zero-order valence-corrected chi connectivity index (χ0v) is 14.7. The second-order valence-electron chi connectivity index (χ2n) is 3.44. The summed E-state index contributed by atoms with van der Waals surface area (Å²) in [5.74, 6) is 0. The van der Waals surface area contributed by atoms with Crippen molar-refractivity contribution in [2.75, 3.05) is 18.9 Å². The van der Waals surface area contributed by atoms with Gasteiger partial charge in [0.15, 0.2) is 0 Å². The fraction of sp³-hybridized carbons (Fsp3) is 0.400. The van der Waals surface area contributed by atoms with Crippen molar-refractivity contribution in [1.82, 2.24) is 4.31 Å². The first-order valence-electron chi connectivity index (χ1n) is 4.87. The van der Waals surface area contributed by atoms with Crippen molar-refractivity contribution in [2.45, 2.75) is 11.3 Å². The molecule has 0 aliphatic carbocycles. The minimum absolute atomic E-state index is 0.281. The van der Waals surface area contributed by atoms with Crippen LogP contribution in [0.5, 0.6) is 0 Å². The van der Waals surface area contributed by atoms with Crippen LogP contribution in [0.25, 0.3) is 0 Å². The molecule has 3 nitrogen and oxygen atoms in total. The van der Waals surface area contributed by atoms with Crippen molar-refractivity contribution < 1.29 is 8.42 Å². The third-order valence-electron chi connectivity index (χ3n) is 2.19. The fourth-order valence-corrected chi connectivity index (χ4v) is 4.16. The van der Waals surface area contributed by atoms with Crippen LogP contribution in [0.15, 0.2) is 32.0 Å². The van der Waals surface area contributed by atoms with Crippen LogP contribution in [0.2, 0.25) is 0 Å². The van der Waals surface area contributed by atoms with Crippen molar-refractivity contribution in [2.24, 2.45) is 0 Å². The quantitative estimate of drug-likeness (QED) is 0.644. The summed E-state index contributed by atoms with van der Waals surface area (Å²) in [5.41, 5.74) is 0. The van der Waals surface area contributed by atoms with Crippen molar-refractivity contribution >= 4 is 57.8 Å². The monoisotopic (exact) mass is 447 g/mol. The zero-order chi connectivity index (χ0) is 13.1. The van der Waals surface area contributed by atoms with Gasteiger partial charge in [0.1, 0.15) is 0 Å². The summed E-state index contributed by atoms with van der Waals surface area (Å²) < 4.78 is 27.2. The Kier molecular flexibility index (Phi) is 6.12. The number of alkyl halides is 1. The first-order chi connectivity index (χ1) is 7.89. The Balaban J connectivity index is 3.08. The number of hydrogen-bond donors (Lipinski definition) is 0. The average Bonchev–Trinajstić information content (AvgIpc) is 2.28. The lowest BCUT2D eigenvalue weighted by Gasteiger charge is -2.17. The predicted octanol–water partition coefficient (Wildman–Crippen LogP) is 3.62. The van der Waals surface area contributed by atoms with Crippen LogP contribution < -0.4 is 0 Å². The van der Waals surface area contributed by atoms with Crippen molar-refractivity contribution in [3.05, 3.63) is 27.1 Å². The Hall–Kier alpha value is 0.570. The molecule has 0 bridgehead atoms. The molecule has 0 amide bonds. The second kappa shape index (κ2) is 6.65. The second-order valence-corrected chi connectivity index (χ2v) is 8.02. The smallest absolute Gasteiger partial charge is 0.207 e. The summed E-state index contributed by atoms with van der Waals surface area (Å²) in [7, 11) is -1.84. The molecule has 0 aliphatic heterocycles. The summed E-state index contributed by atoms with van der Waals surface area (Å²) in [5, 5.41) is 0.784. The fourth-order valence-electron chi connectivity index (χ4n) is 1.25. The molecule has 0 spiro atoms. The van der Waals surface area contributed by atoms with Crippen molar-refractivity contribution in [3.63, 3.8) is 0 Å². The molecule has 0 saturated carbocycles. The van der Waals surface area contributed by atoms with E-state index in [-0.39, 0.29) is 4.90 Å². The molecule has 0 aliphatic rings. The first kappa shape index (κ1) is 15.6. The maximum Gasteiger partial charge on any atom is 0.243 e. The van der Waals surface area contributed by atoms with Gasteiger partial charge in [-0.3, -0.25) is 0 Å². The van der Waals surface area contributed by atoms with Crippen LogP contribution in [-0.4, -0.2) is 31.6 Å². The van der Waals surface area contributed by atoms with E-state index in [4.69, 9.17) is 0 Å². The summed E-state index contributed by atoms with van der Waals surface area (Å²) in [6.07, 6.45) is 0.779. The molecule has 0 aromatic heterocycles. The van der Waals surface area contributed by atoms with Crippen LogP contribution in [0.4, 0.5) is 0 Å². The van der Waals surface area contributed by atoms with Crippen molar-refractivity contribution in [3.8, 4) is 0 Å². The summed E-state index contributed by atoms with van der Waals surface area (Å²) in [4.78, 5) is 0.281. The zero-order valence-electron chi connectivity index (χ0n) is 9.16. The van der Waals surface area contributed by atoms with Crippen LogP contribution in [0.1, 0.15) is 6.42 Å². The normalized spacial score (nSPS) is 12.1. The molecule has 1 rings (SSSR count). The predicted molar refractivity (Wildman–Crippen MR) is 80.1 cm³/mol. The third kappa shape index (κ3) is 4.02. The van der Waals surface area contributed by atoms with Gasteiger partial charge in [-0.2, -0.15) is 0 Å². The molecule has 1 aromatic rings. The summed E-state index contributed by atoms with van der Waals surface area (Å²) in [6.45, 7) is 0.493. The van der Waals surface area contributed by atoms with E-state index >= 15 is 0 Å². The number of halogens is 3. The third-order valence-corrected chi connectivity index (χ3v) is 6.09. The summed E-state index contributed by atoms with van der Waals surface area (Å²) in [6, 6.07) is 5.11. The average molecular weight is 450 g/mol. The van der Waals surface area contributed by atoms with E-state index in [1.54, 1.807) is 25.2 Å². The Morgan fingerprint density at radius 2 is 1.94 bits per heavy atom. The number of rotatable bonds is 5. The van der Waals surface area contributed by atoms with E-state index in [9.17, 15) is 8.42 Å². The van der Waals surface area contributed by atoms with Crippen LogP contribution in [0.3, 0.4) is 0 Å². The highest BCUT2D eigenvalue weighted by Crippen LogP contribution is 2.27. The van der Waals surface area contributed by atoms with Gasteiger partial charge in [-0.1, -0.05) is 31.9 Å². The Labute approximate surface area is 127 Å². The molecule has 1 aromatic carbocycles. The van der Waals surface area contributed by atoms with Gasteiger partial charge in [-0.15, -0.1) is 0 Å². The lowest BCUT2D eigenvalue weighted by molar-refractivity contribution is 0.469. The molecule has 0 atom stereocenters. The van der Waals surface area contributed by atoms with Gasteiger partial charge in [-0.25, -0.2) is 12.7 Å². The first-order valence-corrected chi connectivity index (χ1v) is 9.01. The highest BCUT2D eigenvalue weighted by molar-refractivity contribution is 9.11. The van der Waals surface area contributed by atoms with Gasteiger partial charge in [-0.05, 0) is 40.5 Å². The molecular weight excluding hydrogens is 438 g/mol. The lowest BCUT2D eigenvalue weighted by Crippen LogP contribution is -2.28. The van der Waals surface area contributed by atoms with Crippen LogP contribution in [0, 0.1) is 0 Å². The SMILES string of the molecule is CN(CCCBr)S(=O)(=O)c1cc(Br)ccc1Br. The van der Waals surface area contributed by atoms with Crippen molar-refractivity contribution in [1.29, 1.82) is 0 Å². The van der Waals surface area contributed by atoms with Gasteiger partial charge >= 0.3 is 0 Å². The lowest BCUT2D eigenvalue weighted by atomic mass is 10.4. The maximum atomic E-state index is 12.3. The standard InChI is InChI=1S/C10H12Br3NO2S/c1-14(6-2-5-11)17(15,16)10-7-8(12)3-4-9(10)13/h3-4,7H,2,5-6H2,1H3. The molecule has 7 heteroatoms. The van der Waals surface area contributed by atoms with Gasteiger partial charge in [0.2, 0.25) is 10.0 Å². The van der Waals surface area contributed by atoms with E-state index in [0.717, 1.165) is 16.2 Å². The highest BCUT2D eigenvalue weighted by atomic mass is 79.9. The molecule has 0 N–H and O–H groups in total. The summed E-state index contributed by atoms with van der Waals surface area (Å²) >= 11 is 9.83. The largest absolute Gasteiger partial charge is 0.243 e. The van der Waals surface area contributed by atoms with E-state index in [1.807, 2.05) is 0 Å². The topological polar surface area (TPSA) is 37.4 Å². The Morgan fingerprint density at radius 1 is 1.29 bits per heavy atom. The molecular formula is C10H12Br3NO2S. The minimum atomic E-state index is -3.43. The van der Waals surface area contributed by atoms with Crippen LogP contribution in [-0.2, 0) is 10.0 Å². The molecule has 0 saturated heterocycles. The van der Waals surface area contributed by atoms with Gasteiger partial charge in [0.25, 0.3) is 0 Å². The number of hydrogen-bond acceptors (Lipinski definition) is 2. The Bertz CT molecular complexity index is 490. The number of sulfonamides is 1. The molecule has 17 heavy (non-hydrogen) atoms. The van der Waals surface area contributed by atoms with E-state index < -0.39 is 10.0 Å². The molecule has 0 fully saturated rings. The van der Waals surface area contributed by atoms with E-state index in [1.165, 1.54) is 4.31 Å². The molecule has 0 heterocycles. The highest BCUT2D eigenvalue weighted by Gasteiger charge is 2.23. The minimum Gasteiger partial charge on any atom is -0.207 e. The van der Waals surface area contributed by atoms with Gasteiger partial charge in [0.05, 0.1) is 4.90 Å². The van der Waals surface area contributed by atoms with Gasteiger partial charge < -0.3 is 0 Å². The number of benzene rings is 1. The Morgan fingerprint density at radius 3 is 2.53 bits per heavy atom.